The molecule has 94 valence electrons. The van der Waals surface area contributed by atoms with Crippen LogP contribution in [-0.4, -0.2) is 15.1 Å². The largest absolute Gasteiger partial charge is 0.385 e. The minimum Gasteiger partial charge on any atom is -0.385 e. The molecular formula is C14H22N2O. The highest BCUT2D eigenvalue weighted by Gasteiger charge is 2.36. The summed E-state index contributed by atoms with van der Waals surface area (Å²) in [4.78, 5) is 8.04. The molecular weight excluding hydrogens is 212 g/mol. The van der Waals surface area contributed by atoms with Gasteiger partial charge in [-0.25, -0.2) is 9.97 Å². The van der Waals surface area contributed by atoms with E-state index in [2.05, 4.69) is 23.8 Å². The zero-order valence-corrected chi connectivity index (χ0v) is 10.8. The van der Waals surface area contributed by atoms with Crippen molar-refractivity contribution in [2.24, 2.45) is 11.8 Å². The molecule has 0 spiro atoms. The topological polar surface area (TPSA) is 46.0 Å². The average molecular weight is 234 g/mol. The highest BCUT2D eigenvalue weighted by molar-refractivity contribution is 5.15. The molecule has 1 N–H and O–H groups in total. The third-order valence-corrected chi connectivity index (χ3v) is 3.73. The van der Waals surface area contributed by atoms with Gasteiger partial charge in [-0.3, -0.25) is 0 Å². The van der Waals surface area contributed by atoms with Crippen LogP contribution in [0.25, 0.3) is 0 Å². The first-order chi connectivity index (χ1) is 8.10. The van der Waals surface area contributed by atoms with Crippen LogP contribution in [0.15, 0.2) is 18.7 Å². The zero-order valence-electron chi connectivity index (χ0n) is 10.8. The van der Waals surface area contributed by atoms with E-state index >= 15 is 0 Å². The lowest BCUT2D eigenvalue weighted by atomic mass is 9.73. The first-order valence-electron chi connectivity index (χ1n) is 6.58. The minimum absolute atomic E-state index is 0.633. The highest BCUT2D eigenvalue weighted by Crippen LogP contribution is 2.41. The van der Waals surface area contributed by atoms with E-state index in [1.807, 2.05) is 0 Å². The van der Waals surface area contributed by atoms with E-state index in [9.17, 15) is 5.11 Å². The van der Waals surface area contributed by atoms with Crippen LogP contribution in [0.5, 0.6) is 0 Å². The van der Waals surface area contributed by atoms with Gasteiger partial charge in [0.15, 0.2) is 0 Å². The zero-order chi connectivity index (χ0) is 12.3. The van der Waals surface area contributed by atoms with Gasteiger partial charge in [-0.15, -0.1) is 0 Å². The van der Waals surface area contributed by atoms with Crippen LogP contribution in [0.4, 0.5) is 0 Å². The first-order valence-corrected chi connectivity index (χ1v) is 6.58. The molecule has 3 heteroatoms. The van der Waals surface area contributed by atoms with Gasteiger partial charge < -0.3 is 5.11 Å². The van der Waals surface area contributed by atoms with E-state index in [4.69, 9.17) is 0 Å². The Morgan fingerprint density at radius 3 is 2.76 bits per heavy atom. The fourth-order valence-electron chi connectivity index (χ4n) is 3.03. The molecule has 2 rings (SSSR count). The molecule has 1 aromatic heterocycles. The fraction of sp³-hybridized carbons (Fsp3) is 0.714. The Kier molecular flexibility index (Phi) is 3.77. The standard InChI is InChI=1S/C14H22N2O/c1-11(2)6-12-4-3-5-14(17,7-12)13-8-15-10-16-9-13/h8-12,17H,3-7H2,1-2H3. The SMILES string of the molecule is CC(C)CC1CCCC(O)(c2cncnc2)C1. The third kappa shape index (κ3) is 3.03. The van der Waals surface area contributed by atoms with Crippen LogP contribution in [-0.2, 0) is 5.60 Å². The first kappa shape index (κ1) is 12.5. The Bertz CT molecular complexity index is 352. The maximum Gasteiger partial charge on any atom is 0.115 e. The van der Waals surface area contributed by atoms with Crippen molar-refractivity contribution in [2.45, 2.75) is 51.6 Å². The Hall–Kier alpha value is -0.960. The number of hydrogen-bond donors (Lipinski definition) is 1. The molecule has 17 heavy (non-hydrogen) atoms. The van der Waals surface area contributed by atoms with Gasteiger partial charge in [-0.05, 0) is 37.5 Å². The van der Waals surface area contributed by atoms with Crippen LogP contribution >= 0.6 is 0 Å². The molecule has 0 bridgehead atoms. The van der Waals surface area contributed by atoms with Crippen molar-refractivity contribution in [3.05, 3.63) is 24.3 Å². The van der Waals surface area contributed by atoms with E-state index in [1.165, 1.54) is 19.2 Å². The molecule has 2 atom stereocenters. The van der Waals surface area contributed by atoms with Crippen LogP contribution in [0.3, 0.4) is 0 Å². The van der Waals surface area contributed by atoms with Crippen molar-refractivity contribution in [3.8, 4) is 0 Å². The van der Waals surface area contributed by atoms with Gasteiger partial charge >= 0.3 is 0 Å². The summed E-state index contributed by atoms with van der Waals surface area (Å²) < 4.78 is 0. The second-order valence-electron chi connectivity index (χ2n) is 5.75. The monoisotopic (exact) mass is 234 g/mol. The lowest BCUT2D eigenvalue weighted by Crippen LogP contribution is -2.33. The summed E-state index contributed by atoms with van der Waals surface area (Å²) >= 11 is 0. The summed E-state index contributed by atoms with van der Waals surface area (Å²) in [6.45, 7) is 4.50. The Morgan fingerprint density at radius 2 is 2.12 bits per heavy atom. The molecule has 3 nitrogen and oxygen atoms in total. The van der Waals surface area contributed by atoms with Gasteiger partial charge in [0.05, 0.1) is 5.60 Å². The number of hydrogen-bond acceptors (Lipinski definition) is 3. The maximum atomic E-state index is 10.7. The molecule has 0 aliphatic heterocycles. The summed E-state index contributed by atoms with van der Waals surface area (Å²) in [5.41, 5.74) is 0.187. The van der Waals surface area contributed by atoms with Crippen molar-refractivity contribution in [1.82, 2.24) is 9.97 Å². The molecule has 1 aromatic rings. The van der Waals surface area contributed by atoms with Crippen molar-refractivity contribution in [1.29, 1.82) is 0 Å². The van der Waals surface area contributed by atoms with E-state index < -0.39 is 5.60 Å². The molecule has 0 saturated heterocycles. The Balaban J connectivity index is 2.10. The second kappa shape index (κ2) is 5.13. The number of aromatic nitrogens is 2. The average Bonchev–Trinajstić information content (AvgIpc) is 2.29. The van der Waals surface area contributed by atoms with Gasteiger partial charge in [0.2, 0.25) is 0 Å². The molecule has 1 heterocycles. The number of nitrogens with zero attached hydrogens (tertiary/aromatic N) is 2. The molecule has 1 aliphatic carbocycles. The number of rotatable bonds is 3. The molecule has 1 aliphatic rings. The summed E-state index contributed by atoms with van der Waals surface area (Å²) in [6, 6.07) is 0. The van der Waals surface area contributed by atoms with Crippen molar-refractivity contribution in [2.75, 3.05) is 0 Å². The smallest absolute Gasteiger partial charge is 0.115 e. The van der Waals surface area contributed by atoms with Crippen molar-refractivity contribution < 1.29 is 5.11 Å². The summed E-state index contributed by atoms with van der Waals surface area (Å²) in [5.74, 6) is 1.34. The molecule has 2 unspecified atom stereocenters. The molecule has 1 saturated carbocycles. The summed E-state index contributed by atoms with van der Waals surface area (Å²) in [6.07, 6.45) is 10.3. The molecule has 1 fully saturated rings. The third-order valence-electron chi connectivity index (χ3n) is 3.73. The van der Waals surface area contributed by atoms with Crippen molar-refractivity contribution in [3.63, 3.8) is 0 Å². The van der Waals surface area contributed by atoms with Crippen LogP contribution in [0.1, 0.15) is 51.5 Å². The van der Waals surface area contributed by atoms with Gasteiger partial charge in [0.1, 0.15) is 6.33 Å². The Labute approximate surface area is 103 Å². The molecule has 0 radical (unpaired) electrons. The van der Waals surface area contributed by atoms with Gasteiger partial charge in [0, 0.05) is 18.0 Å². The van der Waals surface area contributed by atoms with Gasteiger partial charge in [-0.1, -0.05) is 20.3 Å². The lowest BCUT2D eigenvalue weighted by molar-refractivity contribution is -0.0250. The Morgan fingerprint density at radius 1 is 1.41 bits per heavy atom. The highest BCUT2D eigenvalue weighted by atomic mass is 16.3. The van der Waals surface area contributed by atoms with E-state index in [-0.39, 0.29) is 0 Å². The predicted octanol–water partition coefficient (Wildman–Crippen LogP) is 2.90. The molecule has 0 aromatic carbocycles. The maximum absolute atomic E-state index is 10.7. The minimum atomic E-state index is -0.695. The van der Waals surface area contributed by atoms with Crippen LogP contribution in [0, 0.1) is 11.8 Å². The van der Waals surface area contributed by atoms with Gasteiger partial charge in [0.25, 0.3) is 0 Å². The van der Waals surface area contributed by atoms with E-state index in [1.54, 1.807) is 12.4 Å². The lowest BCUT2D eigenvalue weighted by Gasteiger charge is -2.37. The van der Waals surface area contributed by atoms with Crippen LogP contribution < -0.4 is 0 Å². The summed E-state index contributed by atoms with van der Waals surface area (Å²) in [7, 11) is 0. The van der Waals surface area contributed by atoms with Gasteiger partial charge in [-0.2, -0.15) is 0 Å². The van der Waals surface area contributed by atoms with Crippen LogP contribution in [0.2, 0.25) is 0 Å². The fourth-order valence-corrected chi connectivity index (χ4v) is 3.03. The predicted molar refractivity (Wildman–Crippen MR) is 67.3 cm³/mol. The summed E-state index contributed by atoms with van der Waals surface area (Å²) in [5, 5.41) is 10.7. The number of aliphatic hydroxyl groups is 1. The molecule has 0 amide bonds. The quantitative estimate of drug-likeness (QED) is 0.874. The normalized spacial score (nSPS) is 29.5. The van der Waals surface area contributed by atoms with E-state index in [0.717, 1.165) is 24.8 Å². The van der Waals surface area contributed by atoms with Crippen molar-refractivity contribution >= 4 is 0 Å². The second-order valence-corrected chi connectivity index (χ2v) is 5.75. The van der Waals surface area contributed by atoms with E-state index in [0.29, 0.717) is 11.8 Å².